The Balaban J connectivity index is 1.76. The van der Waals surface area contributed by atoms with E-state index in [-0.39, 0.29) is 5.91 Å². The topological polar surface area (TPSA) is 60.9 Å². The molecule has 3 rings (SSSR count). The molecule has 0 aliphatic rings. The van der Waals surface area contributed by atoms with Crippen molar-refractivity contribution in [3.05, 3.63) is 82.7 Å². The summed E-state index contributed by atoms with van der Waals surface area (Å²) in [7, 11) is 3.21. The zero-order valence-electron chi connectivity index (χ0n) is 19.3. The van der Waals surface area contributed by atoms with Gasteiger partial charge in [-0.1, -0.05) is 12.1 Å². The SMILES string of the molecule is CCN(Cc1ccc(OC)c(OC)c1)C(=O)c1cc(C)c(OCc2cccnc2)c(C)c1. The van der Waals surface area contributed by atoms with Gasteiger partial charge in [0.15, 0.2) is 11.5 Å². The lowest BCUT2D eigenvalue weighted by molar-refractivity contribution is 0.0752. The zero-order valence-corrected chi connectivity index (χ0v) is 19.3. The molecule has 0 radical (unpaired) electrons. The minimum absolute atomic E-state index is 0.0210. The van der Waals surface area contributed by atoms with Crippen LogP contribution in [0, 0.1) is 13.8 Å². The second-order valence-corrected chi connectivity index (χ2v) is 7.60. The van der Waals surface area contributed by atoms with E-state index in [4.69, 9.17) is 14.2 Å². The van der Waals surface area contributed by atoms with Gasteiger partial charge < -0.3 is 19.1 Å². The van der Waals surface area contributed by atoms with Gasteiger partial charge >= 0.3 is 0 Å². The van der Waals surface area contributed by atoms with Gasteiger partial charge in [0.2, 0.25) is 0 Å². The van der Waals surface area contributed by atoms with Crippen LogP contribution in [0.5, 0.6) is 17.2 Å². The molecule has 0 N–H and O–H groups in total. The van der Waals surface area contributed by atoms with Crippen LogP contribution in [-0.4, -0.2) is 36.6 Å². The van der Waals surface area contributed by atoms with Gasteiger partial charge in [-0.05, 0) is 67.8 Å². The van der Waals surface area contributed by atoms with Crippen LogP contribution in [0.2, 0.25) is 0 Å². The standard InChI is InChI=1S/C26H30N2O4/c1-6-28(16-20-9-10-23(30-4)24(14-20)31-5)26(29)22-12-18(2)25(19(3)13-22)32-17-21-8-7-11-27-15-21/h7-15H,6,16-17H2,1-5H3. The molecule has 1 amide bonds. The molecule has 6 heteroatoms. The number of aromatic nitrogens is 1. The number of nitrogens with zero attached hydrogens (tertiary/aromatic N) is 2. The largest absolute Gasteiger partial charge is 0.493 e. The highest BCUT2D eigenvalue weighted by Gasteiger charge is 2.18. The number of ether oxygens (including phenoxy) is 3. The van der Waals surface area contributed by atoms with Gasteiger partial charge in [-0.15, -0.1) is 0 Å². The van der Waals surface area contributed by atoms with Crippen molar-refractivity contribution in [3.8, 4) is 17.2 Å². The second kappa shape index (κ2) is 10.7. The summed E-state index contributed by atoms with van der Waals surface area (Å²) in [6.45, 7) is 7.41. The highest BCUT2D eigenvalue weighted by atomic mass is 16.5. The van der Waals surface area contributed by atoms with E-state index in [1.54, 1.807) is 26.6 Å². The van der Waals surface area contributed by atoms with E-state index in [1.165, 1.54) is 0 Å². The molecule has 0 atom stereocenters. The molecule has 168 valence electrons. The van der Waals surface area contributed by atoms with Crippen LogP contribution >= 0.6 is 0 Å². The number of benzene rings is 2. The normalized spacial score (nSPS) is 10.5. The third-order valence-electron chi connectivity index (χ3n) is 5.30. The maximum atomic E-state index is 13.3. The number of amides is 1. The molecule has 6 nitrogen and oxygen atoms in total. The van der Waals surface area contributed by atoms with E-state index in [9.17, 15) is 4.79 Å². The first-order valence-electron chi connectivity index (χ1n) is 10.6. The number of aryl methyl sites for hydroxylation is 2. The Kier molecular flexibility index (Phi) is 7.71. The molecule has 0 unspecified atom stereocenters. The lowest BCUT2D eigenvalue weighted by Crippen LogP contribution is -2.30. The van der Waals surface area contributed by atoms with Gasteiger partial charge in [-0.25, -0.2) is 0 Å². The first-order chi connectivity index (χ1) is 15.5. The van der Waals surface area contributed by atoms with Gasteiger partial charge in [-0.2, -0.15) is 0 Å². The maximum absolute atomic E-state index is 13.3. The van der Waals surface area contributed by atoms with Crippen LogP contribution in [0.1, 0.15) is 39.5 Å². The van der Waals surface area contributed by atoms with Gasteiger partial charge in [0.05, 0.1) is 14.2 Å². The molecule has 1 aromatic heterocycles. The predicted molar refractivity (Wildman–Crippen MR) is 124 cm³/mol. The van der Waals surface area contributed by atoms with Gasteiger partial charge in [0.25, 0.3) is 5.91 Å². The van der Waals surface area contributed by atoms with E-state index in [0.29, 0.717) is 36.8 Å². The van der Waals surface area contributed by atoms with E-state index in [0.717, 1.165) is 28.0 Å². The van der Waals surface area contributed by atoms with Crippen LogP contribution < -0.4 is 14.2 Å². The Morgan fingerprint density at radius 1 is 0.969 bits per heavy atom. The summed E-state index contributed by atoms with van der Waals surface area (Å²) in [6, 6.07) is 13.4. The van der Waals surface area contributed by atoms with Crippen LogP contribution in [0.4, 0.5) is 0 Å². The van der Waals surface area contributed by atoms with Crippen LogP contribution in [-0.2, 0) is 13.2 Å². The molecule has 0 saturated heterocycles. The molecule has 0 spiro atoms. The van der Waals surface area contributed by atoms with E-state index in [2.05, 4.69) is 4.98 Å². The molecular weight excluding hydrogens is 404 g/mol. The number of rotatable bonds is 9. The Bertz CT molecular complexity index is 1040. The first kappa shape index (κ1) is 23.1. The van der Waals surface area contributed by atoms with Crippen LogP contribution in [0.25, 0.3) is 0 Å². The molecule has 0 fully saturated rings. The van der Waals surface area contributed by atoms with Crippen molar-refractivity contribution in [1.82, 2.24) is 9.88 Å². The number of pyridine rings is 1. The molecular formula is C26H30N2O4. The fraction of sp³-hybridized carbons (Fsp3) is 0.308. The number of hydrogen-bond acceptors (Lipinski definition) is 5. The minimum atomic E-state index is -0.0210. The molecule has 0 aliphatic heterocycles. The lowest BCUT2D eigenvalue weighted by Gasteiger charge is -2.23. The quantitative estimate of drug-likeness (QED) is 0.477. The van der Waals surface area contributed by atoms with Gasteiger partial charge in [0.1, 0.15) is 12.4 Å². The third-order valence-corrected chi connectivity index (χ3v) is 5.30. The van der Waals surface area contributed by atoms with Crippen molar-refractivity contribution >= 4 is 5.91 Å². The fourth-order valence-corrected chi connectivity index (χ4v) is 3.65. The Morgan fingerprint density at radius 2 is 1.69 bits per heavy atom. The van der Waals surface area contributed by atoms with Crippen molar-refractivity contribution in [3.63, 3.8) is 0 Å². The smallest absolute Gasteiger partial charge is 0.254 e. The summed E-state index contributed by atoms with van der Waals surface area (Å²) in [4.78, 5) is 19.2. The van der Waals surface area contributed by atoms with E-state index < -0.39 is 0 Å². The van der Waals surface area contributed by atoms with Crippen molar-refractivity contribution in [2.75, 3.05) is 20.8 Å². The Hall–Kier alpha value is -3.54. The average molecular weight is 435 g/mol. The number of hydrogen-bond donors (Lipinski definition) is 0. The van der Waals surface area contributed by atoms with E-state index in [1.807, 2.05) is 68.1 Å². The summed E-state index contributed by atoms with van der Waals surface area (Å²) in [5.74, 6) is 2.09. The average Bonchev–Trinajstić information content (AvgIpc) is 2.81. The number of carbonyl (C=O) groups is 1. The number of carbonyl (C=O) groups excluding carboxylic acids is 1. The van der Waals surface area contributed by atoms with Gasteiger partial charge in [0, 0.05) is 36.6 Å². The zero-order chi connectivity index (χ0) is 23.1. The third kappa shape index (κ3) is 5.38. The molecule has 3 aromatic rings. The molecule has 1 heterocycles. The van der Waals surface area contributed by atoms with Crippen molar-refractivity contribution in [2.45, 2.75) is 33.9 Å². The second-order valence-electron chi connectivity index (χ2n) is 7.60. The van der Waals surface area contributed by atoms with Crippen molar-refractivity contribution in [2.24, 2.45) is 0 Å². The molecule has 0 aliphatic carbocycles. The molecule has 0 bridgehead atoms. The minimum Gasteiger partial charge on any atom is -0.493 e. The molecule has 0 saturated carbocycles. The number of methoxy groups -OCH3 is 2. The predicted octanol–water partition coefficient (Wildman–Crippen LogP) is 4.96. The van der Waals surface area contributed by atoms with Crippen LogP contribution in [0.15, 0.2) is 54.9 Å². The Labute approximate surface area is 189 Å². The van der Waals surface area contributed by atoms with E-state index >= 15 is 0 Å². The van der Waals surface area contributed by atoms with Crippen molar-refractivity contribution in [1.29, 1.82) is 0 Å². The maximum Gasteiger partial charge on any atom is 0.254 e. The summed E-state index contributed by atoms with van der Waals surface area (Å²) in [5, 5.41) is 0. The molecule has 32 heavy (non-hydrogen) atoms. The Morgan fingerprint density at radius 3 is 2.28 bits per heavy atom. The summed E-state index contributed by atoms with van der Waals surface area (Å²) in [6.07, 6.45) is 3.53. The lowest BCUT2D eigenvalue weighted by atomic mass is 10.0. The van der Waals surface area contributed by atoms with Crippen LogP contribution in [0.3, 0.4) is 0 Å². The summed E-state index contributed by atoms with van der Waals surface area (Å²) in [5.41, 5.74) is 4.48. The highest BCUT2D eigenvalue weighted by Crippen LogP contribution is 2.29. The fourth-order valence-electron chi connectivity index (χ4n) is 3.65. The summed E-state index contributed by atoms with van der Waals surface area (Å²) < 4.78 is 16.7. The monoisotopic (exact) mass is 434 g/mol. The first-order valence-corrected chi connectivity index (χ1v) is 10.6. The van der Waals surface area contributed by atoms with Gasteiger partial charge in [-0.3, -0.25) is 9.78 Å². The van der Waals surface area contributed by atoms with Crippen molar-refractivity contribution < 1.29 is 19.0 Å². The summed E-state index contributed by atoms with van der Waals surface area (Å²) >= 11 is 0. The molecule has 2 aromatic carbocycles. The highest BCUT2D eigenvalue weighted by molar-refractivity contribution is 5.95.